The van der Waals surface area contributed by atoms with E-state index in [1.807, 2.05) is 24.6 Å². The number of aromatic amines is 1. The van der Waals surface area contributed by atoms with Gasteiger partial charge in [-0.05, 0) is 52.3 Å². The van der Waals surface area contributed by atoms with Gasteiger partial charge in [-0.3, -0.25) is 4.79 Å². The number of nitrogens with one attached hydrogen (secondary N) is 1. The summed E-state index contributed by atoms with van der Waals surface area (Å²) in [5, 5.41) is 3.08. The molecule has 4 heterocycles. The molecule has 2 atom stereocenters. The predicted molar refractivity (Wildman–Crippen MR) is 96.3 cm³/mol. The first-order chi connectivity index (χ1) is 11.6. The Kier molecular flexibility index (Phi) is 4.18. The van der Waals surface area contributed by atoms with Crippen LogP contribution < -0.4 is 0 Å². The summed E-state index contributed by atoms with van der Waals surface area (Å²) in [5.74, 6) is 0.135. The van der Waals surface area contributed by atoms with Crippen LogP contribution in [0.5, 0.6) is 0 Å². The average molecular weight is 344 g/mol. The molecule has 0 spiro atoms. The van der Waals surface area contributed by atoms with Crippen molar-refractivity contribution in [1.82, 2.24) is 19.8 Å². The fraction of sp³-hybridized carbons (Fsp3) is 0.556. The van der Waals surface area contributed by atoms with Crippen molar-refractivity contribution in [3.63, 3.8) is 0 Å². The molecule has 5 nitrogen and oxygen atoms in total. The smallest absolute Gasteiger partial charge is 0.270 e. The van der Waals surface area contributed by atoms with Crippen molar-refractivity contribution in [2.24, 2.45) is 0 Å². The van der Waals surface area contributed by atoms with Crippen molar-refractivity contribution >= 4 is 17.2 Å². The van der Waals surface area contributed by atoms with E-state index >= 15 is 0 Å². The fourth-order valence-corrected chi connectivity index (χ4v) is 4.81. The maximum atomic E-state index is 13.0. The number of H-pyrrole nitrogens is 1. The molecule has 1 N–H and O–H groups in total. The number of nitrogens with zero attached hydrogens (tertiary/aromatic N) is 3. The summed E-state index contributed by atoms with van der Waals surface area (Å²) in [6, 6.07) is 2.83. The molecule has 2 saturated heterocycles. The molecule has 1 amide bonds. The van der Waals surface area contributed by atoms with Crippen LogP contribution in [-0.4, -0.2) is 57.9 Å². The van der Waals surface area contributed by atoms with Crippen molar-refractivity contribution in [1.29, 1.82) is 0 Å². The Morgan fingerprint density at radius 1 is 1.29 bits per heavy atom. The zero-order chi connectivity index (χ0) is 16.7. The Morgan fingerprint density at radius 3 is 2.79 bits per heavy atom. The third-order valence-electron chi connectivity index (χ3n) is 5.41. The van der Waals surface area contributed by atoms with Crippen LogP contribution in [0.15, 0.2) is 17.6 Å². The molecule has 0 aromatic carbocycles. The standard InChI is InChI=1S/C18H24N4OS/c1-12-20-15(11-24-12)13-9-14(19-10-13)18(23)22-8-4-6-17(22)16-5-3-7-21(16)2/h9-11,16-17,19H,3-8H2,1-2H3/t16-,17-/m0/s1. The van der Waals surface area contributed by atoms with Crippen LogP contribution in [0.2, 0.25) is 0 Å². The minimum Gasteiger partial charge on any atom is -0.357 e. The normalized spacial score (nSPS) is 24.8. The van der Waals surface area contributed by atoms with Crippen molar-refractivity contribution in [2.45, 2.75) is 44.7 Å². The summed E-state index contributed by atoms with van der Waals surface area (Å²) >= 11 is 1.63. The molecular weight excluding hydrogens is 320 g/mol. The van der Waals surface area contributed by atoms with Gasteiger partial charge < -0.3 is 14.8 Å². The van der Waals surface area contributed by atoms with Gasteiger partial charge in [0, 0.05) is 35.8 Å². The summed E-state index contributed by atoms with van der Waals surface area (Å²) in [6.45, 7) is 4.02. The highest BCUT2D eigenvalue weighted by Gasteiger charge is 2.38. The minimum absolute atomic E-state index is 0.135. The lowest BCUT2D eigenvalue weighted by atomic mass is 10.0. The largest absolute Gasteiger partial charge is 0.357 e. The van der Waals surface area contributed by atoms with Crippen LogP contribution >= 0.6 is 11.3 Å². The molecular formula is C18H24N4OS. The van der Waals surface area contributed by atoms with Gasteiger partial charge in [-0.25, -0.2) is 4.98 Å². The summed E-state index contributed by atoms with van der Waals surface area (Å²) in [6.07, 6.45) is 6.59. The lowest BCUT2D eigenvalue weighted by molar-refractivity contribution is 0.0659. The average Bonchev–Trinajstić information content (AvgIpc) is 3.33. The van der Waals surface area contributed by atoms with E-state index in [-0.39, 0.29) is 5.91 Å². The first-order valence-electron chi connectivity index (χ1n) is 8.75. The molecule has 0 unspecified atom stereocenters. The first kappa shape index (κ1) is 15.8. The quantitative estimate of drug-likeness (QED) is 0.931. The number of thiazole rings is 1. The van der Waals surface area contributed by atoms with E-state index in [1.54, 1.807) is 11.3 Å². The van der Waals surface area contributed by atoms with Gasteiger partial charge in [-0.1, -0.05) is 0 Å². The summed E-state index contributed by atoms with van der Waals surface area (Å²) in [4.78, 5) is 25.2. The molecule has 2 aromatic rings. The van der Waals surface area contributed by atoms with E-state index in [0.29, 0.717) is 17.8 Å². The summed E-state index contributed by atoms with van der Waals surface area (Å²) in [7, 11) is 2.19. The zero-order valence-electron chi connectivity index (χ0n) is 14.3. The summed E-state index contributed by atoms with van der Waals surface area (Å²) < 4.78 is 0. The number of rotatable bonds is 3. The van der Waals surface area contributed by atoms with Gasteiger partial charge in [0.2, 0.25) is 0 Å². The van der Waals surface area contributed by atoms with E-state index in [2.05, 4.69) is 26.8 Å². The Balaban J connectivity index is 1.54. The predicted octanol–water partition coefficient (Wildman–Crippen LogP) is 3.15. The van der Waals surface area contributed by atoms with E-state index in [9.17, 15) is 4.79 Å². The molecule has 0 bridgehead atoms. The van der Waals surface area contributed by atoms with Crippen molar-refractivity contribution in [2.75, 3.05) is 20.1 Å². The Morgan fingerprint density at radius 2 is 2.08 bits per heavy atom. The highest BCUT2D eigenvalue weighted by molar-refractivity contribution is 7.09. The van der Waals surface area contributed by atoms with Crippen LogP contribution in [0, 0.1) is 6.92 Å². The van der Waals surface area contributed by atoms with Gasteiger partial charge in [0.25, 0.3) is 5.91 Å². The maximum absolute atomic E-state index is 13.0. The van der Waals surface area contributed by atoms with E-state index in [0.717, 1.165) is 42.2 Å². The Bertz CT molecular complexity index is 737. The highest BCUT2D eigenvalue weighted by atomic mass is 32.1. The number of aromatic nitrogens is 2. The van der Waals surface area contributed by atoms with Crippen LogP contribution in [0.25, 0.3) is 11.3 Å². The van der Waals surface area contributed by atoms with Gasteiger partial charge in [-0.15, -0.1) is 11.3 Å². The molecule has 24 heavy (non-hydrogen) atoms. The highest BCUT2D eigenvalue weighted by Crippen LogP contribution is 2.30. The van der Waals surface area contributed by atoms with Crippen LogP contribution in [0.1, 0.15) is 41.2 Å². The second-order valence-electron chi connectivity index (χ2n) is 6.95. The van der Waals surface area contributed by atoms with Crippen molar-refractivity contribution < 1.29 is 4.79 Å². The lowest BCUT2D eigenvalue weighted by Crippen LogP contribution is -2.47. The molecule has 0 saturated carbocycles. The van der Waals surface area contributed by atoms with Crippen LogP contribution in [0.4, 0.5) is 0 Å². The van der Waals surface area contributed by atoms with E-state index < -0.39 is 0 Å². The molecule has 128 valence electrons. The third-order valence-corrected chi connectivity index (χ3v) is 6.18. The Labute approximate surface area is 146 Å². The molecule has 2 aromatic heterocycles. The summed E-state index contributed by atoms with van der Waals surface area (Å²) in [5.41, 5.74) is 2.63. The van der Waals surface area contributed by atoms with Crippen LogP contribution in [-0.2, 0) is 0 Å². The first-order valence-corrected chi connectivity index (χ1v) is 9.63. The number of carbonyl (C=O) groups excluding carboxylic acids is 1. The van der Waals surface area contributed by atoms with Gasteiger partial charge in [-0.2, -0.15) is 0 Å². The number of amides is 1. The van der Waals surface area contributed by atoms with E-state index in [1.165, 1.54) is 12.8 Å². The molecule has 2 fully saturated rings. The number of likely N-dealkylation sites (N-methyl/N-ethyl adjacent to an activating group) is 1. The number of hydrogen-bond acceptors (Lipinski definition) is 4. The lowest BCUT2D eigenvalue weighted by Gasteiger charge is -2.33. The zero-order valence-corrected chi connectivity index (χ0v) is 15.1. The topological polar surface area (TPSA) is 52.2 Å². The van der Waals surface area contributed by atoms with Gasteiger partial charge in [0.1, 0.15) is 5.69 Å². The van der Waals surface area contributed by atoms with Gasteiger partial charge in [0.15, 0.2) is 0 Å². The third kappa shape index (κ3) is 2.78. The monoisotopic (exact) mass is 344 g/mol. The molecule has 0 aliphatic carbocycles. The molecule has 2 aliphatic rings. The Hall–Kier alpha value is -1.66. The molecule has 2 aliphatic heterocycles. The number of likely N-dealkylation sites (tertiary alicyclic amines) is 2. The van der Waals surface area contributed by atoms with Gasteiger partial charge >= 0.3 is 0 Å². The molecule has 0 radical (unpaired) electrons. The number of carbonyl (C=O) groups is 1. The fourth-order valence-electron chi connectivity index (χ4n) is 4.18. The van der Waals surface area contributed by atoms with Crippen LogP contribution in [0.3, 0.4) is 0 Å². The maximum Gasteiger partial charge on any atom is 0.270 e. The molecule has 4 rings (SSSR count). The second-order valence-corrected chi connectivity index (χ2v) is 8.01. The van der Waals surface area contributed by atoms with Gasteiger partial charge in [0.05, 0.1) is 10.7 Å². The molecule has 6 heteroatoms. The number of aryl methyl sites for hydroxylation is 1. The van der Waals surface area contributed by atoms with E-state index in [4.69, 9.17) is 0 Å². The second kappa shape index (κ2) is 6.33. The van der Waals surface area contributed by atoms with Crippen molar-refractivity contribution in [3.8, 4) is 11.3 Å². The number of hydrogen-bond donors (Lipinski definition) is 1. The van der Waals surface area contributed by atoms with Crippen molar-refractivity contribution in [3.05, 3.63) is 28.3 Å². The minimum atomic E-state index is 0.135. The SMILES string of the molecule is Cc1nc(-c2c[nH]c(C(=O)N3CCC[C@H]3[C@@H]3CCCN3C)c2)cs1.